The van der Waals surface area contributed by atoms with Gasteiger partial charge in [0, 0.05) is 6.07 Å². The van der Waals surface area contributed by atoms with Gasteiger partial charge in [-0.3, -0.25) is 0 Å². The van der Waals surface area contributed by atoms with Crippen LogP contribution >= 0.6 is 0 Å². The van der Waals surface area contributed by atoms with Crippen molar-refractivity contribution < 1.29 is 4.74 Å². The zero-order valence-electron chi connectivity index (χ0n) is 7.21. The summed E-state index contributed by atoms with van der Waals surface area (Å²) in [7, 11) is 0. The summed E-state index contributed by atoms with van der Waals surface area (Å²) in [5.41, 5.74) is 12.3. The van der Waals surface area contributed by atoms with E-state index in [-0.39, 0.29) is 0 Å². The van der Waals surface area contributed by atoms with Crippen molar-refractivity contribution in [3.8, 4) is 5.75 Å². The van der Waals surface area contributed by atoms with E-state index in [1.165, 1.54) is 0 Å². The second-order valence-electron chi connectivity index (χ2n) is 2.64. The van der Waals surface area contributed by atoms with Gasteiger partial charge in [0.1, 0.15) is 5.75 Å². The normalized spacial score (nSPS) is 9.75. The Labute approximate surface area is 72.3 Å². The van der Waals surface area contributed by atoms with Crippen molar-refractivity contribution in [2.75, 3.05) is 18.1 Å². The van der Waals surface area contributed by atoms with Gasteiger partial charge in [0.15, 0.2) is 0 Å². The number of nitrogens with two attached hydrogens (primary N) is 2. The number of benzene rings is 1. The van der Waals surface area contributed by atoms with E-state index in [0.717, 1.165) is 12.2 Å². The molecule has 1 aromatic carbocycles. The first-order chi connectivity index (χ1) is 5.74. The summed E-state index contributed by atoms with van der Waals surface area (Å²) in [5.74, 6) is 0.781. The van der Waals surface area contributed by atoms with Gasteiger partial charge in [-0.15, -0.1) is 0 Å². The molecule has 0 fully saturated rings. The van der Waals surface area contributed by atoms with Gasteiger partial charge >= 0.3 is 0 Å². The van der Waals surface area contributed by atoms with Crippen LogP contribution in [0.25, 0.3) is 0 Å². The number of nitrogen functional groups attached to an aromatic ring is 2. The Morgan fingerprint density at radius 2 is 2.00 bits per heavy atom. The number of hydrogen-bond donors (Lipinski definition) is 2. The fourth-order valence-corrected chi connectivity index (χ4v) is 0.863. The predicted octanol–water partition coefficient (Wildman–Crippen LogP) is 1.64. The maximum absolute atomic E-state index is 5.59. The first-order valence-corrected chi connectivity index (χ1v) is 4.02. The van der Waals surface area contributed by atoms with E-state index in [4.69, 9.17) is 16.2 Å². The Hall–Kier alpha value is -1.38. The number of ether oxygens (including phenoxy) is 1. The third-order valence-corrected chi connectivity index (χ3v) is 1.53. The minimum Gasteiger partial charge on any atom is -0.494 e. The summed E-state index contributed by atoms with van der Waals surface area (Å²) in [5, 5.41) is 0. The first kappa shape index (κ1) is 8.71. The average molecular weight is 166 g/mol. The van der Waals surface area contributed by atoms with Gasteiger partial charge in [0.05, 0.1) is 18.0 Å². The van der Waals surface area contributed by atoms with Crippen molar-refractivity contribution in [1.29, 1.82) is 0 Å². The maximum Gasteiger partial charge on any atom is 0.121 e. The zero-order valence-corrected chi connectivity index (χ0v) is 7.21. The Morgan fingerprint density at radius 3 is 2.58 bits per heavy atom. The summed E-state index contributed by atoms with van der Waals surface area (Å²) in [6.45, 7) is 2.77. The van der Waals surface area contributed by atoms with Crippen LogP contribution in [0.3, 0.4) is 0 Å². The third kappa shape index (κ3) is 2.05. The van der Waals surface area contributed by atoms with Gasteiger partial charge in [0.25, 0.3) is 0 Å². The molecule has 0 aliphatic rings. The lowest BCUT2D eigenvalue weighted by Gasteiger charge is -2.06. The molecule has 3 heteroatoms. The quantitative estimate of drug-likeness (QED) is 0.671. The van der Waals surface area contributed by atoms with E-state index in [0.29, 0.717) is 18.0 Å². The molecule has 0 atom stereocenters. The highest BCUT2D eigenvalue weighted by Gasteiger charge is 1.96. The van der Waals surface area contributed by atoms with Crippen molar-refractivity contribution in [1.82, 2.24) is 0 Å². The summed E-state index contributed by atoms with van der Waals surface area (Å²) >= 11 is 0. The molecule has 0 spiro atoms. The highest BCUT2D eigenvalue weighted by Crippen LogP contribution is 2.21. The Balaban J connectivity index is 2.69. The monoisotopic (exact) mass is 166 g/mol. The van der Waals surface area contributed by atoms with Crippen LogP contribution in [0.15, 0.2) is 18.2 Å². The molecule has 1 rings (SSSR count). The minimum absolute atomic E-state index is 0.573. The number of rotatable bonds is 3. The van der Waals surface area contributed by atoms with Crippen molar-refractivity contribution >= 4 is 11.4 Å². The zero-order chi connectivity index (χ0) is 8.97. The van der Waals surface area contributed by atoms with E-state index in [1.54, 1.807) is 12.1 Å². The van der Waals surface area contributed by atoms with Crippen LogP contribution in [0.4, 0.5) is 11.4 Å². The second kappa shape index (κ2) is 3.85. The minimum atomic E-state index is 0.573. The molecule has 0 bridgehead atoms. The summed E-state index contributed by atoms with van der Waals surface area (Å²) in [4.78, 5) is 0. The van der Waals surface area contributed by atoms with Crippen LogP contribution in [-0.2, 0) is 0 Å². The van der Waals surface area contributed by atoms with Gasteiger partial charge in [0.2, 0.25) is 0 Å². The summed E-state index contributed by atoms with van der Waals surface area (Å²) in [6, 6.07) is 5.31. The van der Waals surface area contributed by atoms with Crippen molar-refractivity contribution in [2.24, 2.45) is 0 Å². The van der Waals surface area contributed by atoms with Gasteiger partial charge < -0.3 is 16.2 Å². The van der Waals surface area contributed by atoms with Gasteiger partial charge in [-0.25, -0.2) is 0 Å². The van der Waals surface area contributed by atoms with Crippen molar-refractivity contribution in [3.63, 3.8) is 0 Å². The third-order valence-electron chi connectivity index (χ3n) is 1.53. The SMILES string of the molecule is CCCOc1ccc(N)c(N)c1. The molecule has 0 unspecified atom stereocenters. The fraction of sp³-hybridized carbons (Fsp3) is 0.333. The Morgan fingerprint density at radius 1 is 1.25 bits per heavy atom. The molecule has 0 aliphatic heterocycles. The van der Waals surface area contributed by atoms with Crippen LogP contribution in [-0.4, -0.2) is 6.61 Å². The van der Waals surface area contributed by atoms with Crippen LogP contribution in [0.2, 0.25) is 0 Å². The standard InChI is InChI=1S/C9H14N2O/c1-2-5-12-7-3-4-8(10)9(11)6-7/h3-4,6H,2,5,10-11H2,1H3. The fourth-order valence-electron chi connectivity index (χ4n) is 0.863. The van der Waals surface area contributed by atoms with E-state index in [9.17, 15) is 0 Å². The molecule has 66 valence electrons. The molecule has 0 heterocycles. The maximum atomic E-state index is 5.59. The molecular weight excluding hydrogens is 152 g/mol. The first-order valence-electron chi connectivity index (χ1n) is 4.02. The smallest absolute Gasteiger partial charge is 0.121 e. The number of anilines is 2. The van der Waals surface area contributed by atoms with Crippen LogP contribution in [0.1, 0.15) is 13.3 Å². The molecule has 0 radical (unpaired) electrons. The molecule has 4 N–H and O–H groups in total. The van der Waals surface area contributed by atoms with Crippen molar-refractivity contribution in [2.45, 2.75) is 13.3 Å². The molecule has 0 saturated carbocycles. The summed E-state index contributed by atoms with van der Waals surface area (Å²) in [6.07, 6.45) is 0.990. The Kier molecular flexibility index (Phi) is 2.80. The van der Waals surface area contributed by atoms with Gasteiger partial charge in [-0.05, 0) is 18.6 Å². The lowest BCUT2D eigenvalue weighted by Crippen LogP contribution is -1.98. The molecule has 0 aromatic heterocycles. The Bertz CT molecular complexity index is 261. The van der Waals surface area contributed by atoms with Crippen LogP contribution < -0.4 is 16.2 Å². The van der Waals surface area contributed by atoms with Crippen LogP contribution in [0.5, 0.6) is 5.75 Å². The highest BCUT2D eigenvalue weighted by molar-refractivity contribution is 5.65. The predicted molar refractivity (Wildman–Crippen MR) is 51.1 cm³/mol. The topological polar surface area (TPSA) is 61.3 Å². The number of hydrogen-bond acceptors (Lipinski definition) is 3. The lowest BCUT2D eigenvalue weighted by atomic mass is 10.2. The van der Waals surface area contributed by atoms with Gasteiger partial charge in [-0.2, -0.15) is 0 Å². The van der Waals surface area contributed by atoms with E-state index in [2.05, 4.69) is 6.92 Å². The van der Waals surface area contributed by atoms with E-state index in [1.807, 2.05) is 6.07 Å². The lowest BCUT2D eigenvalue weighted by molar-refractivity contribution is 0.317. The highest BCUT2D eigenvalue weighted by atomic mass is 16.5. The molecule has 12 heavy (non-hydrogen) atoms. The molecule has 1 aromatic rings. The summed E-state index contributed by atoms with van der Waals surface area (Å²) < 4.78 is 5.36. The second-order valence-corrected chi connectivity index (χ2v) is 2.64. The van der Waals surface area contributed by atoms with Crippen molar-refractivity contribution in [3.05, 3.63) is 18.2 Å². The van der Waals surface area contributed by atoms with E-state index >= 15 is 0 Å². The largest absolute Gasteiger partial charge is 0.494 e. The van der Waals surface area contributed by atoms with Crippen LogP contribution in [0, 0.1) is 0 Å². The molecule has 3 nitrogen and oxygen atoms in total. The molecule has 0 amide bonds. The average Bonchev–Trinajstić information content (AvgIpc) is 2.07. The molecule has 0 saturated heterocycles. The molecule has 0 aliphatic carbocycles. The molecular formula is C9H14N2O. The van der Waals surface area contributed by atoms with Gasteiger partial charge in [-0.1, -0.05) is 6.92 Å². The van der Waals surface area contributed by atoms with E-state index < -0.39 is 0 Å².